The van der Waals surface area contributed by atoms with Crippen LogP contribution in [0.25, 0.3) is 0 Å². The van der Waals surface area contributed by atoms with Crippen molar-refractivity contribution in [1.29, 1.82) is 0 Å². The maximum absolute atomic E-state index is 12.0. The number of benzene rings is 1. The predicted molar refractivity (Wildman–Crippen MR) is 63.4 cm³/mol. The monoisotopic (exact) mass is 216 g/mol. The van der Waals surface area contributed by atoms with Crippen molar-refractivity contribution in [3.05, 3.63) is 29.8 Å². The predicted octanol–water partition coefficient (Wildman–Crippen LogP) is 1.72. The zero-order chi connectivity index (χ0) is 11.0. The lowest BCUT2D eigenvalue weighted by molar-refractivity contribution is -0.118. The van der Waals surface area contributed by atoms with Crippen LogP contribution >= 0.6 is 0 Å². The number of anilines is 1. The summed E-state index contributed by atoms with van der Waals surface area (Å²) in [4.78, 5) is 12.0. The minimum absolute atomic E-state index is 0.0818. The average Bonchev–Trinajstić information content (AvgIpc) is 2.66. The zero-order valence-electron chi connectivity index (χ0n) is 9.20. The average molecular weight is 216 g/mol. The molecule has 3 rings (SSSR count). The van der Waals surface area contributed by atoms with Crippen LogP contribution in [0.1, 0.15) is 24.3 Å². The Kier molecular flexibility index (Phi) is 2.40. The van der Waals surface area contributed by atoms with Gasteiger partial charge in [-0.2, -0.15) is 0 Å². The quantitative estimate of drug-likeness (QED) is 0.750. The standard InChI is InChI=1S/C13H16N2O/c16-13-12(9-5-7-14-8-6-9)10-3-1-2-4-11(10)15-13/h1-4,9,12,14H,5-8H2,(H,15,16)/t12-/m1/s1. The van der Waals surface area contributed by atoms with Crippen LogP contribution in [-0.4, -0.2) is 19.0 Å². The van der Waals surface area contributed by atoms with E-state index < -0.39 is 0 Å². The van der Waals surface area contributed by atoms with E-state index in [0.717, 1.165) is 31.6 Å². The molecule has 16 heavy (non-hydrogen) atoms. The molecule has 3 heteroatoms. The fourth-order valence-corrected chi connectivity index (χ4v) is 2.88. The third kappa shape index (κ3) is 1.52. The number of amides is 1. The second-order valence-corrected chi connectivity index (χ2v) is 4.64. The second kappa shape index (κ2) is 3.91. The van der Waals surface area contributed by atoms with E-state index in [1.807, 2.05) is 18.2 Å². The van der Waals surface area contributed by atoms with Gasteiger partial charge in [-0.05, 0) is 43.5 Å². The molecule has 0 radical (unpaired) electrons. The van der Waals surface area contributed by atoms with Gasteiger partial charge in [-0.15, -0.1) is 0 Å². The molecule has 0 saturated carbocycles. The van der Waals surface area contributed by atoms with E-state index in [1.165, 1.54) is 5.56 Å². The summed E-state index contributed by atoms with van der Waals surface area (Å²) in [5.74, 6) is 0.774. The molecule has 84 valence electrons. The van der Waals surface area contributed by atoms with Gasteiger partial charge in [0.2, 0.25) is 5.91 Å². The van der Waals surface area contributed by atoms with E-state index >= 15 is 0 Å². The van der Waals surface area contributed by atoms with Crippen molar-refractivity contribution < 1.29 is 4.79 Å². The summed E-state index contributed by atoms with van der Waals surface area (Å²) in [6.45, 7) is 2.08. The number of fused-ring (bicyclic) bond motifs is 1. The van der Waals surface area contributed by atoms with Crippen LogP contribution in [-0.2, 0) is 4.79 Å². The molecule has 0 aromatic heterocycles. The number of carbonyl (C=O) groups is 1. The summed E-state index contributed by atoms with van der Waals surface area (Å²) in [6, 6.07) is 8.07. The molecule has 0 aliphatic carbocycles. The minimum Gasteiger partial charge on any atom is -0.325 e. The lowest BCUT2D eigenvalue weighted by atomic mass is 9.81. The lowest BCUT2D eigenvalue weighted by Gasteiger charge is -2.26. The van der Waals surface area contributed by atoms with Crippen LogP contribution in [0.2, 0.25) is 0 Å². The van der Waals surface area contributed by atoms with Crippen LogP contribution < -0.4 is 10.6 Å². The Hall–Kier alpha value is -1.35. The van der Waals surface area contributed by atoms with Gasteiger partial charge in [0, 0.05) is 5.69 Å². The first kappa shape index (κ1) is 9.85. The van der Waals surface area contributed by atoms with Crippen molar-refractivity contribution >= 4 is 11.6 Å². The number of hydrogen-bond donors (Lipinski definition) is 2. The Labute approximate surface area is 95.2 Å². The normalized spacial score (nSPS) is 25.2. The number of rotatable bonds is 1. The molecule has 1 fully saturated rings. The number of carbonyl (C=O) groups excluding carboxylic acids is 1. The lowest BCUT2D eigenvalue weighted by Crippen LogP contribution is -2.33. The Balaban J connectivity index is 1.92. The van der Waals surface area contributed by atoms with Crippen LogP contribution in [0.15, 0.2) is 24.3 Å². The Morgan fingerprint density at radius 2 is 1.88 bits per heavy atom. The number of nitrogens with one attached hydrogen (secondary N) is 2. The van der Waals surface area contributed by atoms with Gasteiger partial charge in [-0.25, -0.2) is 0 Å². The summed E-state index contributed by atoms with van der Waals surface area (Å²) in [6.07, 6.45) is 2.21. The zero-order valence-corrected chi connectivity index (χ0v) is 9.20. The maximum Gasteiger partial charge on any atom is 0.232 e. The highest BCUT2D eigenvalue weighted by atomic mass is 16.2. The molecule has 2 aliphatic rings. The SMILES string of the molecule is O=C1Nc2ccccc2[C@H]1C1CCNCC1. The molecule has 1 aromatic carbocycles. The van der Waals surface area contributed by atoms with Crippen molar-refractivity contribution in [2.75, 3.05) is 18.4 Å². The molecule has 1 atom stereocenters. The van der Waals surface area contributed by atoms with Gasteiger partial charge in [0.15, 0.2) is 0 Å². The van der Waals surface area contributed by atoms with Crippen molar-refractivity contribution in [3.63, 3.8) is 0 Å². The first-order valence-electron chi connectivity index (χ1n) is 5.97. The fourth-order valence-electron chi connectivity index (χ4n) is 2.88. The maximum atomic E-state index is 12.0. The van der Waals surface area contributed by atoms with Gasteiger partial charge in [0.05, 0.1) is 5.92 Å². The summed E-state index contributed by atoms with van der Waals surface area (Å²) in [5.41, 5.74) is 2.20. The van der Waals surface area contributed by atoms with E-state index in [2.05, 4.69) is 16.7 Å². The molecular weight excluding hydrogens is 200 g/mol. The van der Waals surface area contributed by atoms with Crippen molar-refractivity contribution in [2.45, 2.75) is 18.8 Å². The first-order chi connectivity index (χ1) is 7.86. The molecule has 2 aliphatic heterocycles. The largest absolute Gasteiger partial charge is 0.325 e. The summed E-state index contributed by atoms with van der Waals surface area (Å²) in [7, 11) is 0. The van der Waals surface area contributed by atoms with Gasteiger partial charge < -0.3 is 10.6 Å². The fraction of sp³-hybridized carbons (Fsp3) is 0.462. The van der Waals surface area contributed by atoms with Crippen LogP contribution in [0.4, 0.5) is 5.69 Å². The van der Waals surface area contributed by atoms with E-state index in [9.17, 15) is 4.79 Å². The van der Waals surface area contributed by atoms with Crippen LogP contribution in [0.3, 0.4) is 0 Å². The highest BCUT2D eigenvalue weighted by Crippen LogP contribution is 2.40. The molecule has 0 unspecified atom stereocenters. The van der Waals surface area contributed by atoms with Crippen molar-refractivity contribution in [3.8, 4) is 0 Å². The van der Waals surface area contributed by atoms with E-state index in [4.69, 9.17) is 0 Å². The van der Waals surface area contributed by atoms with Crippen LogP contribution in [0, 0.1) is 5.92 Å². The number of para-hydroxylation sites is 1. The van der Waals surface area contributed by atoms with Gasteiger partial charge in [-0.1, -0.05) is 18.2 Å². The number of hydrogen-bond acceptors (Lipinski definition) is 2. The van der Waals surface area contributed by atoms with Gasteiger partial charge >= 0.3 is 0 Å². The Morgan fingerprint density at radius 3 is 2.69 bits per heavy atom. The molecular formula is C13H16N2O. The van der Waals surface area contributed by atoms with E-state index in [1.54, 1.807) is 0 Å². The first-order valence-corrected chi connectivity index (χ1v) is 5.97. The van der Waals surface area contributed by atoms with Crippen LogP contribution in [0.5, 0.6) is 0 Å². The van der Waals surface area contributed by atoms with E-state index in [0.29, 0.717) is 5.92 Å². The summed E-state index contributed by atoms with van der Waals surface area (Å²) >= 11 is 0. The summed E-state index contributed by atoms with van der Waals surface area (Å²) < 4.78 is 0. The molecule has 1 saturated heterocycles. The Bertz CT molecular complexity index is 410. The van der Waals surface area contributed by atoms with Crippen molar-refractivity contribution in [1.82, 2.24) is 5.32 Å². The van der Waals surface area contributed by atoms with Crippen molar-refractivity contribution in [2.24, 2.45) is 5.92 Å². The second-order valence-electron chi connectivity index (χ2n) is 4.64. The number of piperidine rings is 1. The minimum atomic E-state index is 0.0818. The van der Waals surface area contributed by atoms with Gasteiger partial charge in [0.1, 0.15) is 0 Å². The third-order valence-corrected chi connectivity index (χ3v) is 3.69. The molecule has 2 heterocycles. The van der Waals surface area contributed by atoms with Gasteiger partial charge in [-0.3, -0.25) is 4.79 Å². The highest BCUT2D eigenvalue weighted by Gasteiger charge is 2.36. The molecule has 1 amide bonds. The topological polar surface area (TPSA) is 41.1 Å². The van der Waals surface area contributed by atoms with E-state index in [-0.39, 0.29) is 11.8 Å². The molecule has 3 nitrogen and oxygen atoms in total. The third-order valence-electron chi connectivity index (χ3n) is 3.69. The molecule has 0 spiro atoms. The molecule has 1 aromatic rings. The molecule has 0 bridgehead atoms. The van der Waals surface area contributed by atoms with Gasteiger partial charge in [0.25, 0.3) is 0 Å². The highest BCUT2D eigenvalue weighted by molar-refractivity contribution is 6.03. The Morgan fingerprint density at radius 1 is 1.12 bits per heavy atom. The molecule has 2 N–H and O–H groups in total. The summed E-state index contributed by atoms with van der Waals surface area (Å²) in [5, 5.41) is 6.33. The smallest absolute Gasteiger partial charge is 0.232 e.